The number of nitrogens with zero attached hydrogens (tertiary/aromatic N) is 2. The topological polar surface area (TPSA) is 141 Å². The molecular formula is C20H19F6IN2O8S2. The smallest absolute Gasteiger partial charge is 0.485 e. The van der Waals surface area contributed by atoms with E-state index in [9.17, 15) is 26.3 Å². The van der Waals surface area contributed by atoms with Gasteiger partial charge in [-0.15, -0.1) is 0 Å². The molecule has 0 radical (unpaired) electrons. The van der Waals surface area contributed by atoms with Crippen LogP contribution in [0.25, 0.3) is 0 Å². The summed E-state index contributed by atoms with van der Waals surface area (Å²) in [5, 5.41) is 0. The van der Waals surface area contributed by atoms with Gasteiger partial charge < -0.3 is 9.11 Å². The summed E-state index contributed by atoms with van der Waals surface area (Å²) in [5.74, 6) is 1.73. The van der Waals surface area contributed by atoms with E-state index in [4.69, 9.17) is 35.4 Å². The number of pyridine rings is 2. The number of halogens is 7. The Hall–Kier alpha value is -2.75. The summed E-state index contributed by atoms with van der Waals surface area (Å²) in [6, 6.07) is 18.6. The molecule has 0 N–H and O–H groups in total. The maximum Gasteiger partial charge on any atom is 0.485 e. The molecule has 0 bridgehead atoms. The Morgan fingerprint density at radius 1 is 0.641 bits per heavy atom. The number of rotatable bonds is 5. The zero-order chi connectivity index (χ0) is 30.1. The van der Waals surface area contributed by atoms with Gasteiger partial charge in [-0.25, -0.2) is 16.8 Å². The Labute approximate surface area is 227 Å². The molecule has 0 unspecified atom stereocenters. The molecule has 0 fully saturated rings. The van der Waals surface area contributed by atoms with E-state index >= 15 is 0 Å². The minimum Gasteiger partial charge on any atom is -0.741 e. The van der Waals surface area contributed by atoms with Crippen LogP contribution in [0.5, 0.6) is 11.5 Å². The van der Waals surface area contributed by atoms with Gasteiger partial charge in [0.05, 0.1) is 0 Å². The number of aromatic nitrogens is 2. The Morgan fingerprint density at radius 2 is 0.923 bits per heavy atom. The summed E-state index contributed by atoms with van der Waals surface area (Å²) in [7, 11) is -8.81. The minimum atomic E-state index is -6.09. The van der Waals surface area contributed by atoms with Gasteiger partial charge in [0.25, 0.3) is 0 Å². The Bertz CT molecular complexity index is 1300. The molecule has 0 atom stereocenters. The van der Waals surface area contributed by atoms with Crippen molar-refractivity contribution in [3.05, 3.63) is 83.0 Å². The molecule has 0 aliphatic carbocycles. The molecule has 19 heteroatoms. The van der Waals surface area contributed by atoms with Crippen molar-refractivity contribution in [2.75, 3.05) is 14.2 Å². The summed E-state index contributed by atoms with van der Waals surface area (Å²) >= 11 is -1.86. The summed E-state index contributed by atoms with van der Waals surface area (Å²) in [4.78, 5) is 0. The van der Waals surface area contributed by atoms with Gasteiger partial charge in [-0.2, -0.15) is 26.3 Å². The van der Waals surface area contributed by atoms with Crippen molar-refractivity contribution in [1.29, 1.82) is 0 Å². The van der Waals surface area contributed by atoms with Crippen molar-refractivity contribution in [3.63, 3.8) is 0 Å². The minimum absolute atomic E-state index is 0.866. The van der Waals surface area contributed by atoms with Crippen LogP contribution in [0.2, 0.25) is 0 Å². The Kier molecular flexibility index (Phi) is 12.3. The van der Waals surface area contributed by atoms with Crippen LogP contribution in [0.15, 0.2) is 79.4 Å². The molecule has 0 aliphatic rings. The third-order valence-electron chi connectivity index (χ3n) is 3.86. The van der Waals surface area contributed by atoms with Gasteiger partial charge >= 0.3 is 155 Å². The molecule has 1 aromatic carbocycles. The van der Waals surface area contributed by atoms with Gasteiger partial charge in [0.2, 0.25) is 0 Å². The number of alkyl halides is 6. The monoisotopic (exact) mass is 720 g/mol. The van der Waals surface area contributed by atoms with Gasteiger partial charge in [-0.05, 0) is 0 Å². The first kappa shape index (κ1) is 34.3. The van der Waals surface area contributed by atoms with Gasteiger partial charge in [-0.1, -0.05) is 0 Å². The average Bonchev–Trinajstić information content (AvgIpc) is 2.84. The number of benzene rings is 1. The number of methoxy groups -OCH3 is 2. The second-order valence-corrected chi connectivity index (χ2v) is 14.1. The van der Waals surface area contributed by atoms with Gasteiger partial charge in [0.1, 0.15) is 0 Å². The fourth-order valence-corrected chi connectivity index (χ4v) is 6.91. The SMILES string of the molecule is COc1cc[n+](I(c2ccccc2)[n+]2ccc(OC)cc2)cc1.O=S(=O)([O-])C(F)(F)F.O=S(=O)([O-])C(F)(F)F. The first-order chi connectivity index (χ1) is 17.8. The molecule has 0 aliphatic heterocycles. The predicted octanol–water partition coefficient (Wildman–Crippen LogP) is 2.98. The zero-order valence-electron chi connectivity index (χ0n) is 19.6. The Balaban J connectivity index is 0.000000393. The van der Waals surface area contributed by atoms with Crippen molar-refractivity contribution in [3.8, 4) is 11.5 Å². The van der Waals surface area contributed by atoms with Gasteiger partial charge in [-0.3, -0.25) is 0 Å². The normalized spacial score (nSPS) is 12.2. The molecule has 3 rings (SSSR count). The quantitative estimate of drug-likeness (QED) is 0.170. The zero-order valence-corrected chi connectivity index (χ0v) is 23.4. The van der Waals surface area contributed by atoms with Crippen LogP contribution in [0, 0.1) is 3.57 Å². The van der Waals surface area contributed by atoms with Crippen molar-refractivity contribution in [1.82, 2.24) is 0 Å². The third-order valence-corrected chi connectivity index (χ3v) is 10.2. The van der Waals surface area contributed by atoms with Crippen molar-refractivity contribution in [2.24, 2.45) is 0 Å². The summed E-state index contributed by atoms with van der Waals surface area (Å²) in [5.41, 5.74) is -11.3. The maximum atomic E-state index is 10.7. The van der Waals surface area contributed by atoms with Crippen LogP contribution in [-0.4, -0.2) is 51.2 Å². The Morgan fingerprint density at radius 3 is 1.15 bits per heavy atom. The molecule has 2 aromatic heterocycles. The fourth-order valence-electron chi connectivity index (χ4n) is 2.13. The maximum absolute atomic E-state index is 10.7. The van der Waals surface area contributed by atoms with Gasteiger partial charge in [0, 0.05) is 0 Å². The van der Waals surface area contributed by atoms with E-state index < -0.39 is 51.6 Å². The third kappa shape index (κ3) is 11.1. The second-order valence-electron chi connectivity index (χ2n) is 6.50. The summed E-state index contributed by atoms with van der Waals surface area (Å²) < 4.78 is 134. The first-order valence-electron chi connectivity index (χ1n) is 9.73. The summed E-state index contributed by atoms with van der Waals surface area (Å²) in [6.45, 7) is 0. The second kappa shape index (κ2) is 14.1. The molecule has 2 heterocycles. The number of hydrogen-bond donors (Lipinski definition) is 0. The average molecular weight is 720 g/mol. The van der Waals surface area contributed by atoms with E-state index in [1.165, 1.54) is 3.57 Å². The van der Waals surface area contributed by atoms with E-state index in [1.807, 2.05) is 24.3 Å². The van der Waals surface area contributed by atoms with Crippen LogP contribution in [-0.2, 0) is 20.2 Å². The molecular weight excluding hydrogens is 701 g/mol. The van der Waals surface area contributed by atoms with E-state index in [0.717, 1.165) is 11.5 Å². The standard InChI is InChI=1S/C18H19IN2O2.2CHF3O3S/c1-22-17-8-12-20(13-9-17)19(16-6-4-3-5-7-16)21-14-10-18(23-2)11-15-21;2*2-1(3,4)8(5,6)7/h3-15H,1-2H3;2*(H,5,6,7)/q+2;;/p-2. The summed E-state index contributed by atoms with van der Waals surface area (Å²) in [6.07, 6.45) is 8.36. The van der Waals surface area contributed by atoms with Crippen LogP contribution < -0.4 is 15.0 Å². The molecule has 0 amide bonds. The van der Waals surface area contributed by atoms with Crippen LogP contribution >= 0.6 is 20.4 Å². The van der Waals surface area contributed by atoms with Crippen molar-refractivity contribution in [2.45, 2.75) is 11.0 Å². The van der Waals surface area contributed by atoms with E-state index in [1.54, 1.807) is 14.2 Å². The number of ether oxygens (including phenoxy) is 2. The molecule has 0 saturated heterocycles. The van der Waals surface area contributed by atoms with Crippen LogP contribution in [0.1, 0.15) is 0 Å². The van der Waals surface area contributed by atoms with E-state index in [0.29, 0.717) is 0 Å². The van der Waals surface area contributed by atoms with Gasteiger partial charge in [0.15, 0.2) is 20.2 Å². The van der Waals surface area contributed by atoms with E-state index in [-0.39, 0.29) is 0 Å². The van der Waals surface area contributed by atoms with Crippen molar-refractivity contribution < 1.29 is 67.3 Å². The van der Waals surface area contributed by atoms with E-state index in [2.05, 4.69) is 60.7 Å². The molecule has 218 valence electrons. The molecule has 0 spiro atoms. The van der Waals surface area contributed by atoms with Crippen LogP contribution in [0.3, 0.4) is 0 Å². The fraction of sp³-hybridized carbons (Fsp3) is 0.200. The predicted molar refractivity (Wildman–Crippen MR) is 128 cm³/mol. The molecule has 39 heavy (non-hydrogen) atoms. The molecule has 0 saturated carbocycles. The molecule has 3 aromatic rings. The largest absolute Gasteiger partial charge is 0.741 e. The number of hydrogen-bond acceptors (Lipinski definition) is 8. The van der Waals surface area contributed by atoms with Crippen molar-refractivity contribution >= 4 is 40.6 Å². The van der Waals surface area contributed by atoms with Crippen LogP contribution in [0.4, 0.5) is 26.3 Å². The first-order valence-corrected chi connectivity index (χ1v) is 15.6. The molecule has 10 nitrogen and oxygen atoms in total.